The summed E-state index contributed by atoms with van der Waals surface area (Å²) in [6, 6.07) is 9.05. The summed E-state index contributed by atoms with van der Waals surface area (Å²) in [4.78, 5) is 12.2. The average molecular weight is 410 g/mol. The highest BCUT2D eigenvalue weighted by Crippen LogP contribution is 2.31. The molecule has 1 unspecified atom stereocenters. The highest BCUT2D eigenvalue weighted by Gasteiger charge is 2.18. The fourth-order valence-corrected chi connectivity index (χ4v) is 3.94. The number of aromatic nitrogens is 2. The largest absolute Gasteiger partial charge is 0.330 e. The zero-order chi connectivity index (χ0) is 19.4. The molecular formula is C17H13F3N4OS2. The van der Waals surface area contributed by atoms with E-state index in [1.54, 1.807) is 19.1 Å². The molecule has 27 heavy (non-hydrogen) atoms. The van der Waals surface area contributed by atoms with Gasteiger partial charge in [0.15, 0.2) is 16.0 Å². The maximum atomic E-state index is 13.2. The van der Waals surface area contributed by atoms with Gasteiger partial charge in [-0.2, -0.15) is 0 Å². The normalized spacial score (nSPS) is 11.9. The summed E-state index contributed by atoms with van der Waals surface area (Å²) < 4.78 is 39.9. The van der Waals surface area contributed by atoms with Crippen LogP contribution >= 0.6 is 23.1 Å². The number of halogens is 3. The van der Waals surface area contributed by atoms with Gasteiger partial charge in [-0.05, 0) is 37.3 Å². The molecule has 1 heterocycles. The van der Waals surface area contributed by atoms with Crippen LogP contribution in [0.3, 0.4) is 0 Å². The van der Waals surface area contributed by atoms with Crippen molar-refractivity contribution in [3.8, 4) is 0 Å². The number of nitrogens with zero attached hydrogens (tertiary/aromatic N) is 2. The molecule has 140 valence electrons. The number of carbonyl (C=O) groups is 1. The van der Waals surface area contributed by atoms with Gasteiger partial charge < -0.3 is 10.6 Å². The van der Waals surface area contributed by atoms with Crippen LogP contribution in [0.4, 0.5) is 29.7 Å². The summed E-state index contributed by atoms with van der Waals surface area (Å²) in [7, 11) is 0. The fourth-order valence-electron chi connectivity index (χ4n) is 2.02. The van der Waals surface area contributed by atoms with Gasteiger partial charge in [-0.15, -0.1) is 10.2 Å². The van der Waals surface area contributed by atoms with Crippen LogP contribution in [-0.2, 0) is 4.79 Å². The number of carbonyl (C=O) groups excluding carboxylic acids is 1. The molecule has 0 spiro atoms. The molecule has 0 saturated heterocycles. The van der Waals surface area contributed by atoms with Crippen LogP contribution < -0.4 is 10.6 Å². The van der Waals surface area contributed by atoms with E-state index in [0.29, 0.717) is 15.2 Å². The first kappa shape index (κ1) is 19.2. The van der Waals surface area contributed by atoms with Crippen LogP contribution in [0.15, 0.2) is 46.8 Å². The van der Waals surface area contributed by atoms with Crippen molar-refractivity contribution in [3.63, 3.8) is 0 Å². The number of benzene rings is 2. The molecule has 0 aliphatic carbocycles. The van der Waals surface area contributed by atoms with Crippen molar-refractivity contribution in [2.24, 2.45) is 0 Å². The third-order valence-electron chi connectivity index (χ3n) is 3.32. The molecule has 2 N–H and O–H groups in total. The van der Waals surface area contributed by atoms with Gasteiger partial charge in [0.1, 0.15) is 5.82 Å². The minimum absolute atomic E-state index is 0.164. The Morgan fingerprint density at radius 2 is 1.89 bits per heavy atom. The molecule has 0 radical (unpaired) electrons. The molecule has 2 aromatic carbocycles. The second-order valence-corrected chi connectivity index (χ2v) is 7.95. The van der Waals surface area contributed by atoms with Gasteiger partial charge in [-0.3, -0.25) is 4.79 Å². The number of amides is 1. The van der Waals surface area contributed by atoms with Gasteiger partial charge in [-0.25, -0.2) is 13.2 Å². The molecule has 0 aliphatic rings. The molecule has 1 atom stereocenters. The average Bonchev–Trinajstić information content (AvgIpc) is 3.05. The lowest BCUT2D eigenvalue weighted by molar-refractivity contribution is -0.115. The Kier molecular flexibility index (Phi) is 5.97. The number of nitrogens with one attached hydrogen (secondary N) is 2. The van der Waals surface area contributed by atoms with E-state index in [9.17, 15) is 18.0 Å². The lowest BCUT2D eigenvalue weighted by Crippen LogP contribution is -2.22. The number of thioether (sulfide) groups is 1. The van der Waals surface area contributed by atoms with Gasteiger partial charge in [0.05, 0.1) is 5.25 Å². The first-order valence-electron chi connectivity index (χ1n) is 7.69. The fraction of sp³-hybridized carbons (Fsp3) is 0.118. The first-order valence-corrected chi connectivity index (χ1v) is 9.39. The number of hydrogen-bond donors (Lipinski definition) is 2. The van der Waals surface area contributed by atoms with E-state index in [0.717, 1.165) is 23.9 Å². The van der Waals surface area contributed by atoms with Crippen LogP contribution in [0.5, 0.6) is 0 Å². The van der Waals surface area contributed by atoms with E-state index in [4.69, 9.17) is 0 Å². The molecule has 3 rings (SSSR count). The van der Waals surface area contributed by atoms with Crippen molar-refractivity contribution in [3.05, 3.63) is 59.9 Å². The number of rotatable bonds is 6. The van der Waals surface area contributed by atoms with Crippen molar-refractivity contribution in [1.82, 2.24) is 10.2 Å². The molecule has 1 aromatic heterocycles. The Hall–Kier alpha value is -2.59. The predicted molar refractivity (Wildman–Crippen MR) is 99.9 cm³/mol. The summed E-state index contributed by atoms with van der Waals surface area (Å²) in [6.45, 7) is 1.65. The van der Waals surface area contributed by atoms with Crippen molar-refractivity contribution in [2.75, 3.05) is 10.6 Å². The molecule has 3 aromatic rings. The van der Waals surface area contributed by atoms with Crippen molar-refractivity contribution in [1.29, 1.82) is 0 Å². The zero-order valence-corrected chi connectivity index (χ0v) is 15.5. The Bertz CT molecular complexity index is 967. The standard InChI is InChI=1S/C17H13F3N4OS2/c1-9(15(25)21-12-5-6-13(19)14(20)8-12)26-17-24-23-16(27-17)22-11-4-2-3-10(18)7-11/h2-9H,1H3,(H,21,25)(H,22,23). The van der Waals surface area contributed by atoms with Crippen LogP contribution in [0.1, 0.15) is 6.92 Å². The molecule has 1 amide bonds. The highest BCUT2D eigenvalue weighted by atomic mass is 32.2. The highest BCUT2D eigenvalue weighted by molar-refractivity contribution is 8.02. The van der Waals surface area contributed by atoms with E-state index in [1.807, 2.05) is 0 Å². The lowest BCUT2D eigenvalue weighted by Gasteiger charge is -2.10. The first-order chi connectivity index (χ1) is 12.9. The SMILES string of the molecule is CC(Sc1nnc(Nc2cccc(F)c2)s1)C(=O)Nc1ccc(F)c(F)c1. The minimum Gasteiger partial charge on any atom is -0.330 e. The third-order valence-corrected chi connectivity index (χ3v) is 5.34. The van der Waals surface area contributed by atoms with Crippen LogP contribution in [0.25, 0.3) is 0 Å². The summed E-state index contributed by atoms with van der Waals surface area (Å²) in [5.74, 6) is -2.78. The molecule has 0 aliphatic heterocycles. The van der Waals surface area contributed by atoms with E-state index >= 15 is 0 Å². The number of anilines is 3. The molecule has 0 saturated carbocycles. The van der Waals surface area contributed by atoms with Crippen LogP contribution in [-0.4, -0.2) is 21.4 Å². The monoisotopic (exact) mass is 410 g/mol. The maximum absolute atomic E-state index is 13.2. The molecular weight excluding hydrogens is 397 g/mol. The third kappa shape index (κ3) is 5.20. The molecule has 0 fully saturated rings. The molecule has 10 heteroatoms. The Morgan fingerprint density at radius 3 is 2.63 bits per heavy atom. The van der Waals surface area contributed by atoms with Gasteiger partial charge in [0.25, 0.3) is 0 Å². The second kappa shape index (κ2) is 8.40. The van der Waals surface area contributed by atoms with Crippen molar-refractivity contribution >= 4 is 45.5 Å². The molecule has 0 bridgehead atoms. The summed E-state index contributed by atoms with van der Waals surface area (Å²) >= 11 is 2.37. The summed E-state index contributed by atoms with van der Waals surface area (Å²) in [5.41, 5.74) is 0.698. The van der Waals surface area contributed by atoms with Crippen LogP contribution in [0.2, 0.25) is 0 Å². The van der Waals surface area contributed by atoms with Gasteiger partial charge >= 0.3 is 0 Å². The summed E-state index contributed by atoms with van der Waals surface area (Å²) in [5, 5.41) is 13.3. The second-order valence-electron chi connectivity index (χ2n) is 5.39. The van der Waals surface area contributed by atoms with E-state index in [2.05, 4.69) is 20.8 Å². The van der Waals surface area contributed by atoms with Crippen molar-refractivity contribution < 1.29 is 18.0 Å². The van der Waals surface area contributed by atoms with E-state index < -0.39 is 16.9 Å². The predicted octanol–water partition coefficient (Wildman–Crippen LogP) is 4.82. The Morgan fingerprint density at radius 1 is 1.07 bits per heavy atom. The smallest absolute Gasteiger partial charge is 0.237 e. The van der Waals surface area contributed by atoms with E-state index in [1.165, 1.54) is 29.5 Å². The Balaban J connectivity index is 1.58. The molecule has 5 nitrogen and oxygen atoms in total. The van der Waals surface area contributed by atoms with Gasteiger partial charge in [0.2, 0.25) is 11.0 Å². The van der Waals surface area contributed by atoms with Gasteiger partial charge in [-0.1, -0.05) is 29.2 Å². The van der Waals surface area contributed by atoms with Crippen molar-refractivity contribution in [2.45, 2.75) is 16.5 Å². The Labute approximate surface area is 161 Å². The van der Waals surface area contributed by atoms with E-state index in [-0.39, 0.29) is 17.4 Å². The van der Waals surface area contributed by atoms with Crippen LogP contribution in [0, 0.1) is 17.5 Å². The number of hydrogen-bond acceptors (Lipinski definition) is 6. The minimum atomic E-state index is -1.04. The summed E-state index contributed by atoms with van der Waals surface area (Å²) in [6.07, 6.45) is 0. The maximum Gasteiger partial charge on any atom is 0.237 e. The lowest BCUT2D eigenvalue weighted by atomic mass is 10.3. The topological polar surface area (TPSA) is 66.9 Å². The van der Waals surface area contributed by atoms with Gasteiger partial charge in [0, 0.05) is 17.4 Å². The quantitative estimate of drug-likeness (QED) is 0.571. The zero-order valence-electron chi connectivity index (χ0n) is 13.9.